The first-order valence-electron chi connectivity index (χ1n) is 5.65. The molecule has 86 valence electrons. The first kappa shape index (κ1) is 12.0. The van der Waals surface area contributed by atoms with E-state index in [4.69, 9.17) is 5.11 Å². The number of hydrogen-bond acceptors (Lipinski definition) is 2. The highest BCUT2D eigenvalue weighted by molar-refractivity contribution is 5.77. The smallest absolute Gasteiger partial charge is 0.308 e. The van der Waals surface area contributed by atoms with Gasteiger partial charge in [0.25, 0.3) is 0 Å². The monoisotopic (exact) mass is 213 g/mol. The van der Waals surface area contributed by atoms with E-state index in [1.807, 2.05) is 6.92 Å². The lowest BCUT2D eigenvalue weighted by Crippen LogP contribution is -2.37. The van der Waals surface area contributed by atoms with E-state index in [0.717, 1.165) is 25.8 Å². The summed E-state index contributed by atoms with van der Waals surface area (Å²) in [6.45, 7) is 2.95. The Labute approximate surface area is 90.3 Å². The molecule has 1 saturated heterocycles. The van der Waals surface area contributed by atoms with Gasteiger partial charge in [0, 0.05) is 19.5 Å². The molecule has 0 spiro atoms. The maximum absolute atomic E-state index is 11.6. The Hall–Kier alpha value is -1.06. The van der Waals surface area contributed by atoms with E-state index in [9.17, 15) is 9.59 Å². The zero-order chi connectivity index (χ0) is 11.3. The second-order valence-corrected chi connectivity index (χ2v) is 4.09. The van der Waals surface area contributed by atoms with Crippen molar-refractivity contribution in [3.63, 3.8) is 0 Å². The van der Waals surface area contributed by atoms with E-state index in [0.29, 0.717) is 19.4 Å². The number of carboxylic acid groups (broad SMARTS) is 1. The maximum Gasteiger partial charge on any atom is 0.308 e. The molecule has 1 unspecified atom stereocenters. The molecule has 1 heterocycles. The summed E-state index contributed by atoms with van der Waals surface area (Å²) in [5.41, 5.74) is 0. The molecule has 1 atom stereocenters. The van der Waals surface area contributed by atoms with Crippen LogP contribution in [0.3, 0.4) is 0 Å². The average molecular weight is 213 g/mol. The third-order valence-corrected chi connectivity index (χ3v) is 2.95. The number of rotatable bonds is 4. The molecule has 1 fully saturated rings. The predicted molar refractivity (Wildman–Crippen MR) is 56.5 cm³/mol. The average Bonchev–Trinajstić information content (AvgIpc) is 2.39. The van der Waals surface area contributed by atoms with Crippen LogP contribution in [0.25, 0.3) is 0 Å². The van der Waals surface area contributed by atoms with Crippen molar-refractivity contribution < 1.29 is 14.7 Å². The summed E-state index contributed by atoms with van der Waals surface area (Å²) in [5.74, 6) is -1.09. The molecule has 0 aromatic carbocycles. The fourth-order valence-corrected chi connectivity index (χ4v) is 1.88. The Morgan fingerprint density at radius 1 is 1.47 bits per heavy atom. The molecule has 4 heteroatoms. The molecule has 15 heavy (non-hydrogen) atoms. The molecular formula is C11H19NO3. The van der Waals surface area contributed by atoms with Gasteiger partial charge < -0.3 is 10.0 Å². The number of amides is 1. The van der Waals surface area contributed by atoms with Gasteiger partial charge in [-0.3, -0.25) is 9.59 Å². The van der Waals surface area contributed by atoms with Crippen LogP contribution in [-0.2, 0) is 9.59 Å². The molecular weight excluding hydrogens is 194 g/mol. The third kappa shape index (κ3) is 3.53. The Morgan fingerprint density at radius 2 is 2.20 bits per heavy atom. The Bertz CT molecular complexity index is 240. The summed E-state index contributed by atoms with van der Waals surface area (Å²) in [6.07, 6.45) is 4.18. The Balaban J connectivity index is 2.53. The first-order valence-corrected chi connectivity index (χ1v) is 5.65. The molecule has 0 aromatic heterocycles. The highest BCUT2D eigenvalue weighted by atomic mass is 16.4. The normalized spacial score (nSPS) is 19.8. The summed E-state index contributed by atoms with van der Waals surface area (Å²) >= 11 is 0. The van der Waals surface area contributed by atoms with Gasteiger partial charge >= 0.3 is 5.97 Å². The molecule has 0 radical (unpaired) electrons. The third-order valence-electron chi connectivity index (χ3n) is 2.95. The minimum Gasteiger partial charge on any atom is -0.481 e. The van der Waals surface area contributed by atoms with Gasteiger partial charge in [-0.15, -0.1) is 0 Å². The largest absolute Gasteiger partial charge is 0.481 e. The van der Waals surface area contributed by atoms with Crippen LogP contribution in [0.2, 0.25) is 0 Å². The molecule has 1 aliphatic rings. The number of carbonyl (C=O) groups excluding carboxylic acids is 1. The zero-order valence-electron chi connectivity index (χ0n) is 9.24. The van der Waals surface area contributed by atoms with Crippen molar-refractivity contribution in [2.75, 3.05) is 13.1 Å². The van der Waals surface area contributed by atoms with E-state index >= 15 is 0 Å². The van der Waals surface area contributed by atoms with Crippen molar-refractivity contribution in [1.82, 2.24) is 4.90 Å². The van der Waals surface area contributed by atoms with Crippen molar-refractivity contribution in [2.45, 2.75) is 39.0 Å². The van der Waals surface area contributed by atoms with Gasteiger partial charge in [-0.1, -0.05) is 13.3 Å². The summed E-state index contributed by atoms with van der Waals surface area (Å²) in [7, 11) is 0. The minimum atomic E-state index is -0.797. The molecule has 0 bridgehead atoms. The second kappa shape index (κ2) is 5.73. The van der Waals surface area contributed by atoms with Crippen LogP contribution in [0.5, 0.6) is 0 Å². The standard InChI is InChI=1S/C11H19NO3/c1-2-9(11(14)15)8-12-7-5-3-4-6-10(12)13/h9H,2-8H2,1H3,(H,14,15). The highest BCUT2D eigenvalue weighted by Gasteiger charge is 2.23. The van der Waals surface area contributed by atoms with Gasteiger partial charge in [0.1, 0.15) is 0 Å². The van der Waals surface area contributed by atoms with Gasteiger partial charge in [-0.25, -0.2) is 0 Å². The van der Waals surface area contributed by atoms with Crippen LogP contribution in [0.15, 0.2) is 0 Å². The number of likely N-dealkylation sites (tertiary alicyclic amines) is 1. The van der Waals surface area contributed by atoms with Gasteiger partial charge in [0.15, 0.2) is 0 Å². The van der Waals surface area contributed by atoms with E-state index < -0.39 is 11.9 Å². The summed E-state index contributed by atoms with van der Waals surface area (Å²) in [5, 5.41) is 8.92. The van der Waals surface area contributed by atoms with Crippen LogP contribution < -0.4 is 0 Å². The van der Waals surface area contributed by atoms with Crippen LogP contribution in [0.1, 0.15) is 39.0 Å². The van der Waals surface area contributed by atoms with Crippen LogP contribution in [-0.4, -0.2) is 35.0 Å². The van der Waals surface area contributed by atoms with Gasteiger partial charge in [-0.05, 0) is 19.3 Å². The predicted octanol–water partition coefficient (Wildman–Crippen LogP) is 1.50. The fourth-order valence-electron chi connectivity index (χ4n) is 1.88. The number of aliphatic carboxylic acids is 1. The molecule has 1 amide bonds. The van der Waals surface area contributed by atoms with Crippen LogP contribution in [0.4, 0.5) is 0 Å². The Morgan fingerprint density at radius 3 is 2.80 bits per heavy atom. The lowest BCUT2D eigenvalue weighted by atomic mass is 10.1. The molecule has 0 aromatic rings. The molecule has 0 saturated carbocycles. The first-order chi connectivity index (χ1) is 7.15. The van der Waals surface area contributed by atoms with Gasteiger partial charge in [0.05, 0.1) is 5.92 Å². The topological polar surface area (TPSA) is 57.6 Å². The number of hydrogen-bond donors (Lipinski definition) is 1. The van der Waals surface area contributed by atoms with Crippen LogP contribution >= 0.6 is 0 Å². The van der Waals surface area contributed by atoms with Gasteiger partial charge in [0.2, 0.25) is 5.91 Å². The number of nitrogens with zero attached hydrogens (tertiary/aromatic N) is 1. The van der Waals surface area contributed by atoms with Gasteiger partial charge in [-0.2, -0.15) is 0 Å². The van der Waals surface area contributed by atoms with Crippen molar-refractivity contribution in [1.29, 1.82) is 0 Å². The molecule has 1 aliphatic heterocycles. The van der Waals surface area contributed by atoms with Crippen molar-refractivity contribution in [3.8, 4) is 0 Å². The SMILES string of the molecule is CCC(CN1CCCCCC1=O)C(=O)O. The van der Waals surface area contributed by atoms with Crippen molar-refractivity contribution >= 4 is 11.9 Å². The maximum atomic E-state index is 11.6. The molecule has 1 rings (SSSR count). The lowest BCUT2D eigenvalue weighted by molar-refractivity contribution is -0.143. The van der Waals surface area contributed by atoms with Crippen LogP contribution in [0, 0.1) is 5.92 Å². The lowest BCUT2D eigenvalue weighted by Gasteiger charge is -2.23. The minimum absolute atomic E-state index is 0.118. The fraction of sp³-hybridized carbons (Fsp3) is 0.818. The van der Waals surface area contributed by atoms with Crippen molar-refractivity contribution in [2.24, 2.45) is 5.92 Å². The van der Waals surface area contributed by atoms with E-state index in [2.05, 4.69) is 0 Å². The quantitative estimate of drug-likeness (QED) is 0.770. The summed E-state index contributed by atoms with van der Waals surface area (Å²) in [6, 6.07) is 0. The molecule has 0 aliphatic carbocycles. The Kier molecular flexibility index (Phi) is 4.59. The molecule has 4 nitrogen and oxygen atoms in total. The van der Waals surface area contributed by atoms with E-state index in [1.54, 1.807) is 4.90 Å². The number of carboxylic acids is 1. The highest BCUT2D eigenvalue weighted by Crippen LogP contribution is 2.14. The van der Waals surface area contributed by atoms with E-state index in [1.165, 1.54) is 0 Å². The zero-order valence-corrected chi connectivity index (χ0v) is 9.24. The molecule has 1 N–H and O–H groups in total. The summed E-state index contributed by atoms with van der Waals surface area (Å²) < 4.78 is 0. The van der Waals surface area contributed by atoms with E-state index in [-0.39, 0.29) is 5.91 Å². The second-order valence-electron chi connectivity index (χ2n) is 4.09. The number of carbonyl (C=O) groups is 2. The van der Waals surface area contributed by atoms with Crippen molar-refractivity contribution in [3.05, 3.63) is 0 Å². The summed E-state index contributed by atoms with van der Waals surface area (Å²) in [4.78, 5) is 24.2.